The molecule has 0 saturated heterocycles. The number of hydrogen-bond acceptors (Lipinski definition) is 4. The summed E-state index contributed by atoms with van der Waals surface area (Å²) in [6.07, 6.45) is 4.39. The highest BCUT2D eigenvalue weighted by atomic mass is 32.1. The Morgan fingerprint density at radius 2 is 2.10 bits per heavy atom. The van der Waals surface area contributed by atoms with Crippen molar-refractivity contribution in [2.24, 2.45) is 5.92 Å². The summed E-state index contributed by atoms with van der Waals surface area (Å²) in [5.41, 5.74) is 3.45. The van der Waals surface area contributed by atoms with Crippen LogP contribution in [0.1, 0.15) is 40.5 Å². The summed E-state index contributed by atoms with van der Waals surface area (Å²) < 4.78 is 6.20. The van der Waals surface area contributed by atoms with Gasteiger partial charge in [-0.3, -0.25) is 9.59 Å². The summed E-state index contributed by atoms with van der Waals surface area (Å²) in [5, 5.41) is 2.09. The molecule has 0 N–H and O–H groups in total. The minimum absolute atomic E-state index is 0.0260. The van der Waals surface area contributed by atoms with Gasteiger partial charge in [0.2, 0.25) is 11.8 Å². The number of aryl methyl sites for hydroxylation is 2. The van der Waals surface area contributed by atoms with Crippen LogP contribution in [0.2, 0.25) is 0 Å². The second kappa shape index (κ2) is 9.27. The van der Waals surface area contributed by atoms with Gasteiger partial charge >= 0.3 is 0 Å². The number of carbonyl (C=O) groups excluding carboxylic acids is 2. The van der Waals surface area contributed by atoms with Crippen LogP contribution in [0, 0.1) is 19.8 Å². The fourth-order valence-corrected chi connectivity index (χ4v) is 5.16. The first-order valence-corrected chi connectivity index (χ1v) is 11.8. The molecule has 4 rings (SSSR count). The molecule has 1 fully saturated rings. The second-order valence-electron chi connectivity index (χ2n) is 8.51. The van der Waals surface area contributed by atoms with Crippen LogP contribution < -0.4 is 4.74 Å². The molecule has 1 aliphatic heterocycles. The average Bonchev–Trinajstić information content (AvgIpc) is 3.48. The van der Waals surface area contributed by atoms with Crippen LogP contribution in [0.5, 0.6) is 5.75 Å². The van der Waals surface area contributed by atoms with Gasteiger partial charge in [0.1, 0.15) is 18.9 Å². The maximum absolute atomic E-state index is 13.3. The summed E-state index contributed by atoms with van der Waals surface area (Å²) in [7, 11) is 0. The zero-order valence-electron chi connectivity index (χ0n) is 18.3. The largest absolute Gasteiger partial charge is 0.491 e. The molecular weight excluding hydrogens is 408 g/mol. The van der Waals surface area contributed by atoms with Gasteiger partial charge in [-0.15, -0.1) is 17.9 Å². The molecule has 0 spiro atoms. The van der Waals surface area contributed by atoms with Crippen molar-refractivity contribution in [1.29, 1.82) is 0 Å². The van der Waals surface area contributed by atoms with E-state index in [1.165, 1.54) is 10.4 Å². The van der Waals surface area contributed by atoms with E-state index < -0.39 is 0 Å². The van der Waals surface area contributed by atoms with E-state index in [0.717, 1.165) is 36.1 Å². The maximum atomic E-state index is 13.3. The summed E-state index contributed by atoms with van der Waals surface area (Å²) in [4.78, 5) is 30.8. The van der Waals surface area contributed by atoms with Crippen molar-refractivity contribution in [1.82, 2.24) is 9.80 Å². The topological polar surface area (TPSA) is 49.9 Å². The molecule has 6 heteroatoms. The van der Waals surface area contributed by atoms with Crippen LogP contribution in [-0.4, -0.2) is 47.9 Å². The Morgan fingerprint density at radius 3 is 2.81 bits per heavy atom. The SMILES string of the molecule is C=CCN(CC(=O)N1CCc2sccc2C1COc1ccc(C)cc1C)C(=O)C1CC1. The molecule has 5 nitrogen and oxygen atoms in total. The molecule has 31 heavy (non-hydrogen) atoms. The Balaban J connectivity index is 1.51. The molecule has 2 heterocycles. The zero-order valence-corrected chi connectivity index (χ0v) is 19.1. The molecule has 1 unspecified atom stereocenters. The molecule has 2 amide bonds. The van der Waals surface area contributed by atoms with Crippen LogP contribution in [-0.2, 0) is 16.0 Å². The summed E-state index contributed by atoms with van der Waals surface area (Å²) in [6, 6.07) is 8.09. The predicted molar refractivity (Wildman–Crippen MR) is 123 cm³/mol. The Labute approximate surface area is 188 Å². The number of hydrogen-bond donors (Lipinski definition) is 0. The minimum atomic E-state index is -0.148. The molecule has 1 saturated carbocycles. The van der Waals surface area contributed by atoms with Crippen molar-refractivity contribution >= 4 is 23.2 Å². The number of nitrogens with zero attached hydrogens (tertiary/aromatic N) is 2. The lowest BCUT2D eigenvalue weighted by atomic mass is 10.00. The van der Waals surface area contributed by atoms with E-state index in [4.69, 9.17) is 4.74 Å². The number of amides is 2. The van der Waals surface area contributed by atoms with Crippen molar-refractivity contribution in [3.05, 3.63) is 63.9 Å². The van der Waals surface area contributed by atoms with Gasteiger partial charge in [0.15, 0.2) is 0 Å². The fourth-order valence-electron chi connectivity index (χ4n) is 4.24. The molecule has 1 aromatic heterocycles. The zero-order chi connectivity index (χ0) is 22.0. The summed E-state index contributed by atoms with van der Waals surface area (Å²) >= 11 is 1.74. The Morgan fingerprint density at radius 1 is 1.29 bits per heavy atom. The molecule has 2 aromatic rings. The summed E-state index contributed by atoms with van der Waals surface area (Å²) in [5.74, 6) is 0.977. The monoisotopic (exact) mass is 438 g/mol. The van der Waals surface area contributed by atoms with E-state index in [-0.39, 0.29) is 30.3 Å². The van der Waals surface area contributed by atoms with Gasteiger partial charge in [-0.05, 0) is 61.7 Å². The van der Waals surface area contributed by atoms with Crippen LogP contribution in [0.25, 0.3) is 0 Å². The van der Waals surface area contributed by atoms with Gasteiger partial charge in [-0.1, -0.05) is 23.8 Å². The van der Waals surface area contributed by atoms with E-state index >= 15 is 0 Å². The highest BCUT2D eigenvalue weighted by molar-refractivity contribution is 7.10. The highest BCUT2D eigenvalue weighted by Crippen LogP contribution is 2.35. The Bertz CT molecular complexity index is 979. The van der Waals surface area contributed by atoms with Crippen molar-refractivity contribution in [3.8, 4) is 5.75 Å². The van der Waals surface area contributed by atoms with E-state index in [2.05, 4.69) is 31.0 Å². The Kier molecular flexibility index (Phi) is 6.46. The molecule has 1 aromatic carbocycles. The first-order valence-electron chi connectivity index (χ1n) is 10.9. The molecular formula is C25H30N2O3S. The van der Waals surface area contributed by atoms with Crippen LogP contribution >= 0.6 is 11.3 Å². The van der Waals surface area contributed by atoms with Crippen LogP contribution in [0.15, 0.2) is 42.3 Å². The van der Waals surface area contributed by atoms with Crippen molar-refractivity contribution in [2.45, 2.75) is 39.2 Å². The van der Waals surface area contributed by atoms with Crippen molar-refractivity contribution in [3.63, 3.8) is 0 Å². The smallest absolute Gasteiger partial charge is 0.242 e. The molecule has 0 radical (unpaired) electrons. The van der Waals surface area contributed by atoms with Gasteiger partial charge in [0.05, 0.1) is 6.04 Å². The number of rotatable bonds is 8. The lowest BCUT2D eigenvalue weighted by Crippen LogP contribution is -2.48. The number of ether oxygens (including phenoxy) is 1. The normalized spacial score (nSPS) is 17.7. The van der Waals surface area contributed by atoms with Crippen molar-refractivity contribution in [2.75, 3.05) is 26.2 Å². The number of benzene rings is 1. The third-order valence-corrected chi connectivity index (χ3v) is 7.05. The minimum Gasteiger partial charge on any atom is -0.491 e. The molecule has 2 aliphatic rings. The predicted octanol–water partition coefficient (Wildman–Crippen LogP) is 4.29. The van der Waals surface area contributed by atoms with Crippen LogP contribution in [0.3, 0.4) is 0 Å². The second-order valence-corrected chi connectivity index (χ2v) is 9.51. The third-order valence-electron chi connectivity index (χ3n) is 6.06. The highest BCUT2D eigenvalue weighted by Gasteiger charge is 2.37. The van der Waals surface area contributed by atoms with Crippen molar-refractivity contribution < 1.29 is 14.3 Å². The number of carbonyl (C=O) groups is 2. The van der Waals surface area contributed by atoms with Crippen LogP contribution in [0.4, 0.5) is 0 Å². The molecule has 164 valence electrons. The van der Waals surface area contributed by atoms with Gasteiger partial charge in [-0.2, -0.15) is 0 Å². The van der Waals surface area contributed by atoms with Gasteiger partial charge in [0, 0.05) is 23.9 Å². The van der Waals surface area contributed by atoms with E-state index in [9.17, 15) is 9.59 Å². The quantitative estimate of drug-likeness (QED) is 0.578. The van der Waals surface area contributed by atoms with Gasteiger partial charge in [-0.25, -0.2) is 0 Å². The molecule has 1 aliphatic carbocycles. The average molecular weight is 439 g/mol. The lowest BCUT2D eigenvalue weighted by molar-refractivity contribution is -0.142. The third kappa shape index (κ3) is 4.85. The number of fused-ring (bicyclic) bond motifs is 1. The van der Waals surface area contributed by atoms with E-state index in [1.54, 1.807) is 22.3 Å². The maximum Gasteiger partial charge on any atom is 0.242 e. The standard InChI is InChI=1S/C25H30N2O3S/c1-4-11-26(25(29)19-6-7-19)15-24(28)27-12-9-23-20(10-13-31-23)21(27)16-30-22-8-5-17(2)14-18(22)3/h4-5,8,10,13-14,19,21H,1,6-7,9,11-12,15-16H2,2-3H3. The van der Waals surface area contributed by atoms with E-state index in [0.29, 0.717) is 19.7 Å². The van der Waals surface area contributed by atoms with E-state index in [1.807, 2.05) is 24.0 Å². The summed E-state index contributed by atoms with van der Waals surface area (Å²) in [6.45, 7) is 9.41. The lowest BCUT2D eigenvalue weighted by Gasteiger charge is -2.37. The molecule has 0 bridgehead atoms. The van der Waals surface area contributed by atoms with Gasteiger partial charge < -0.3 is 14.5 Å². The number of thiophene rings is 1. The fraction of sp³-hybridized carbons (Fsp3) is 0.440. The first-order chi connectivity index (χ1) is 15.0. The Hall–Kier alpha value is -2.60. The molecule has 1 atom stereocenters. The van der Waals surface area contributed by atoms with Gasteiger partial charge in [0.25, 0.3) is 0 Å². The first kappa shape index (κ1) is 21.6.